The van der Waals surface area contributed by atoms with Crippen molar-refractivity contribution >= 4 is 16.7 Å². The molecule has 0 radical (unpaired) electrons. The van der Waals surface area contributed by atoms with Crippen LogP contribution < -0.4 is 4.90 Å². The second kappa shape index (κ2) is 4.72. The first-order valence-corrected chi connectivity index (χ1v) is 7.23. The van der Waals surface area contributed by atoms with Crippen LogP contribution in [-0.4, -0.2) is 35.4 Å². The number of benzene rings is 1. The molecule has 0 amide bonds. The first kappa shape index (κ1) is 12.1. The molecule has 4 heteroatoms. The van der Waals surface area contributed by atoms with Crippen molar-refractivity contribution in [1.82, 2.24) is 4.98 Å². The topological polar surface area (TPSA) is 45.6 Å². The fraction of sp³-hybridized carbons (Fsp3) is 0.438. The monoisotopic (exact) mass is 270 g/mol. The fourth-order valence-electron chi connectivity index (χ4n) is 3.33. The lowest BCUT2D eigenvalue weighted by molar-refractivity contribution is 0.0301. The van der Waals surface area contributed by atoms with Crippen molar-refractivity contribution in [1.29, 1.82) is 0 Å². The highest BCUT2D eigenvalue weighted by Gasteiger charge is 2.34. The van der Waals surface area contributed by atoms with E-state index in [1.165, 1.54) is 0 Å². The van der Waals surface area contributed by atoms with Crippen LogP contribution in [0.4, 0.5) is 5.82 Å². The third-order valence-corrected chi connectivity index (χ3v) is 4.29. The minimum atomic E-state index is 0.0276. The van der Waals surface area contributed by atoms with Crippen molar-refractivity contribution in [3.63, 3.8) is 0 Å². The predicted molar refractivity (Wildman–Crippen MR) is 77.8 cm³/mol. The van der Waals surface area contributed by atoms with Crippen LogP contribution in [0.1, 0.15) is 18.4 Å². The average Bonchev–Trinajstić information content (AvgIpc) is 2.84. The standard InChI is InChI=1S/C16H18N2O2/c19-10-12-7-11-3-1-2-4-15(11)17-16(12)18-8-13-5-6-14(9-18)20-13/h1-4,7,13-14,19H,5-6,8-10H2. The van der Waals surface area contributed by atoms with E-state index in [1.807, 2.05) is 24.3 Å². The molecule has 0 aliphatic carbocycles. The molecule has 20 heavy (non-hydrogen) atoms. The van der Waals surface area contributed by atoms with Crippen molar-refractivity contribution in [2.75, 3.05) is 18.0 Å². The van der Waals surface area contributed by atoms with Gasteiger partial charge in [-0.2, -0.15) is 0 Å². The Labute approximate surface area is 118 Å². The molecule has 0 saturated carbocycles. The summed E-state index contributed by atoms with van der Waals surface area (Å²) in [5.74, 6) is 0.923. The zero-order chi connectivity index (χ0) is 13.5. The van der Waals surface area contributed by atoms with E-state index in [-0.39, 0.29) is 6.61 Å². The maximum absolute atomic E-state index is 9.66. The summed E-state index contributed by atoms with van der Waals surface area (Å²) < 4.78 is 5.88. The van der Waals surface area contributed by atoms with Crippen molar-refractivity contribution in [3.8, 4) is 0 Å². The first-order valence-electron chi connectivity index (χ1n) is 7.23. The van der Waals surface area contributed by atoms with Crippen LogP contribution >= 0.6 is 0 Å². The van der Waals surface area contributed by atoms with Crippen LogP contribution in [0.25, 0.3) is 10.9 Å². The number of hydrogen-bond acceptors (Lipinski definition) is 4. The highest BCUT2D eigenvalue weighted by molar-refractivity contribution is 5.81. The molecule has 0 spiro atoms. The SMILES string of the molecule is OCc1cc2ccccc2nc1N1CC2CCC(C1)O2. The minimum absolute atomic E-state index is 0.0276. The Kier molecular flexibility index (Phi) is 2.86. The number of morpholine rings is 1. The van der Waals surface area contributed by atoms with Gasteiger partial charge in [-0.25, -0.2) is 4.98 Å². The molecule has 2 saturated heterocycles. The zero-order valence-corrected chi connectivity index (χ0v) is 11.3. The molecule has 2 bridgehead atoms. The highest BCUT2D eigenvalue weighted by atomic mass is 16.5. The van der Waals surface area contributed by atoms with Gasteiger partial charge in [0.05, 0.1) is 24.3 Å². The van der Waals surface area contributed by atoms with E-state index in [4.69, 9.17) is 9.72 Å². The minimum Gasteiger partial charge on any atom is -0.392 e. The average molecular weight is 270 g/mol. The van der Waals surface area contributed by atoms with Gasteiger partial charge in [0, 0.05) is 24.0 Å². The van der Waals surface area contributed by atoms with Gasteiger partial charge < -0.3 is 14.7 Å². The molecule has 2 atom stereocenters. The highest BCUT2D eigenvalue weighted by Crippen LogP contribution is 2.31. The molecule has 4 nitrogen and oxygen atoms in total. The van der Waals surface area contributed by atoms with Crippen LogP contribution in [0.2, 0.25) is 0 Å². The fourth-order valence-corrected chi connectivity index (χ4v) is 3.33. The van der Waals surface area contributed by atoms with E-state index in [1.54, 1.807) is 0 Å². The molecule has 4 rings (SSSR count). The molecular weight excluding hydrogens is 252 g/mol. The largest absolute Gasteiger partial charge is 0.392 e. The number of anilines is 1. The molecule has 3 heterocycles. The quantitative estimate of drug-likeness (QED) is 0.907. The number of aliphatic hydroxyl groups excluding tert-OH is 1. The molecule has 2 unspecified atom stereocenters. The lowest BCUT2D eigenvalue weighted by Crippen LogP contribution is -2.43. The van der Waals surface area contributed by atoms with Crippen molar-refractivity contribution in [3.05, 3.63) is 35.9 Å². The Hall–Kier alpha value is -1.65. The van der Waals surface area contributed by atoms with Crippen LogP contribution in [0, 0.1) is 0 Å². The van der Waals surface area contributed by atoms with E-state index in [9.17, 15) is 5.11 Å². The molecule has 2 aromatic rings. The summed E-state index contributed by atoms with van der Waals surface area (Å²) >= 11 is 0. The summed E-state index contributed by atoms with van der Waals surface area (Å²) in [5, 5.41) is 10.7. The van der Waals surface area contributed by atoms with E-state index in [0.717, 1.165) is 48.2 Å². The van der Waals surface area contributed by atoms with Crippen LogP contribution in [0.3, 0.4) is 0 Å². The van der Waals surface area contributed by atoms with Gasteiger partial charge in [0.2, 0.25) is 0 Å². The molecule has 2 aliphatic rings. The molecule has 1 aromatic heterocycles. The van der Waals surface area contributed by atoms with Crippen molar-refractivity contribution in [2.24, 2.45) is 0 Å². The van der Waals surface area contributed by atoms with Crippen LogP contribution in [-0.2, 0) is 11.3 Å². The van der Waals surface area contributed by atoms with Gasteiger partial charge in [0.15, 0.2) is 0 Å². The smallest absolute Gasteiger partial charge is 0.135 e. The van der Waals surface area contributed by atoms with Crippen molar-refractivity contribution in [2.45, 2.75) is 31.7 Å². The van der Waals surface area contributed by atoms with E-state index in [2.05, 4.69) is 11.0 Å². The number of rotatable bonds is 2. The van der Waals surface area contributed by atoms with E-state index in [0.29, 0.717) is 12.2 Å². The van der Waals surface area contributed by atoms with E-state index >= 15 is 0 Å². The Balaban J connectivity index is 1.77. The van der Waals surface area contributed by atoms with Crippen LogP contribution in [0.15, 0.2) is 30.3 Å². The van der Waals surface area contributed by atoms with Gasteiger partial charge in [-0.3, -0.25) is 0 Å². The number of pyridine rings is 1. The van der Waals surface area contributed by atoms with Crippen molar-refractivity contribution < 1.29 is 9.84 Å². The van der Waals surface area contributed by atoms with Gasteiger partial charge in [-0.15, -0.1) is 0 Å². The molecule has 1 aromatic carbocycles. The number of fused-ring (bicyclic) bond motifs is 3. The summed E-state index contributed by atoms with van der Waals surface area (Å²) in [6, 6.07) is 10.1. The second-order valence-electron chi connectivity index (χ2n) is 5.68. The van der Waals surface area contributed by atoms with Gasteiger partial charge >= 0.3 is 0 Å². The number of hydrogen-bond donors (Lipinski definition) is 1. The third kappa shape index (κ3) is 1.96. The molecular formula is C16H18N2O2. The molecule has 2 fully saturated rings. The number of aliphatic hydroxyl groups is 1. The summed E-state index contributed by atoms with van der Waals surface area (Å²) in [4.78, 5) is 7.06. The lowest BCUT2D eigenvalue weighted by Gasteiger charge is -2.34. The zero-order valence-electron chi connectivity index (χ0n) is 11.3. The third-order valence-electron chi connectivity index (χ3n) is 4.29. The Morgan fingerprint density at radius 1 is 1.20 bits per heavy atom. The second-order valence-corrected chi connectivity index (χ2v) is 5.68. The van der Waals surface area contributed by atoms with Gasteiger partial charge in [0.25, 0.3) is 0 Å². The maximum atomic E-state index is 9.66. The number of para-hydroxylation sites is 1. The number of ether oxygens (including phenoxy) is 1. The first-order chi connectivity index (χ1) is 9.83. The Bertz CT molecular complexity index is 631. The normalized spacial score (nSPS) is 25.4. The summed E-state index contributed by atoms with van der Waals surface area (Å²) in [6.07, 6.45) is 2.94. The van der Waals surface area contributed by atoms with Crippen LogP contribution in [0.5, 0.6) is 0 Å². The van der Waals surface area contributed by atoms with Gasteiger partial charge in [-0.1, -0.05) is 18.2 Å². The van der Waals surface area contributed by atoms with E-state index < -0.39 is 0 Å². The Morgan fingerprint density at radius 2 is 1.95 bits per heavy atom. The Morgan fingerprint density at radius 3 is 2.70 bits per heavy atom. The van der Waals surface area contributed by atoms with Gasteiger partial charge in [-0.05, 0) is 25.0 Å². The summed E-state index contributed by atoms with van der Waals surface area (Å²) in [5.41, 5.74) is 1.89. The lowest BCUT2D eigenvalue weighted by atomic mass is 10.1. The maximum Gasteiger partial charge on any atom is 0.135 e. The predicted octanol–water partition coefficient (Wildman–Crippen LogP) is 2.09. The molecule has 104 valence electrons. The molecule has 2 aliphatic heterocycles. The summed E-state index contributed by atoms with van der Waals surface area (Å²) in [7, 11) is 0. The number of aromatic nitrogens is 1. The summed E-state index contributed by atoms with van der Waals surface area (Å²) in [6.45, 7) is 1.80. The molecule has 1 N–H and O–H groups in total. The number of nitrogens with zero attached hydrogens (tertiary/aromatic N) is 2. The van der Waals surface area contributed by atoms with Gasteiger partial charge in [0.1, 0.15) is 5.82 Å².